The Morgan fingerprint density at radius 1 is 1.67 bits per heavy atom. The molecule has 1 rings (SSSR count). The molecule has 4 heteroatoms. The number of aromatic nitrogens is 1. The highest BCUT2D eigenvalue weighted by Gasteiger charge is 2.09. The van der Waals surface area contributed by atoms with Gasteiger partial charge in [0.15, 0.2) is 0 Å². The lowest BCUT2D eigenvalue weighted by molar-refractivity contribution is 0.118. The van der Waals surface area contributed by atoms with Crippen molar-refractivity contribution in [2.75, 3.05) is 5.32 Å². The first-order valence-electron chi connectivity index (χ1n) is 5.02. The summed E-state index contributed by atoms with van der Waals surface area (Å²) in [5.41, 5.74) is 0.915. The molecule has 0 spiro atoms. The molecule has 0 aliphatic rings. The van der Waals surface area contributed by atoms with Crippen LogP contribution in [0.15, 0.2) is 18.3 Å². The number of hydrogen-bond acceptors (Lipinski definition) is 3. The minimum atomic E-state index is -0.453. The van der Waals surface area contributed by atoms with Crippen molar-refractivity contribution in [2.24, 2.45) is 0 Å². The Bertz CT molecular complexity index is 339. The van der Waals surface area contributed by atoms with Crippen LogP contribution in [0.3, 0.4) is 0 Å². The minimum Gasteiger partial charge on any atom is -0.446 e. The lowest BCUT2D eigenvalue weighted by Crippen LogP contribution is -2.20. The van der Waals surface area contributed by atoms with Crippen molar-refractivity contribution in [3.8, 4) is 0 Å². The van der Waals surface area contributed by atoms with Gasteiger partial charge in [0.1, 0.15) is 11.9 Å². The van der Waals surface area contributed by atoms with Crippen LogP contribution in [-0.2, 0) is 4.74 Å². The summed E-state index contributed by atoms with van der Waals surface area (Å²) in [7, 11) is 0. The molecule has 1 aromatic heterocycles. The van der Waals surface area contributed by atoms with Gasteiger partial charge in [-0.2, -0.15) is 0 Å². The Kier molecular flexibility index (Phi) is 4.09. The van der Waals surface area contributed by atoms with Gasteiger partial charge in [0.05, 0.1) is 0 Å². The van der Waals surface area contributed by atoms with Crippen LogP contribution in [0.1, 0.15) is 25.8 Å². The van der Waals surface area contributed by atoms with E-state index in [4.69, 9.17) is 4.74 Å². The minimum absolute atomic E-state index is 0.0750. The van der Waals surface area contributed by atoms with Gasteiger partial charge < -0.3 is 4.74 Å². The summed E-state index contributed by atoms with van der Waals surface area (Å²) in [6.45, 7) is 5.70. The largest absolute Gasteiger partial charge is 0.446 e. The molecule has 0 saturated carbocycles. The number of carbonyl (C=O) groups excluding carboxylic acids is 1. The van der Waals surface area contributed by atoms with Crippen LogP contribution in [0.25, 0.3) is 0 Å². The van der Waals surface area contributed by atoms with E-state index in [1.54, 1.807) is 6.20 Å². The molecule has 1 aromatic rings. The highest BCUT2D eigenvalue weighted by atomic mass is 16.6. The van der Waals surface area contributed by atoms with Gasteiger partial charge >= 0.3 is 6.09 Å². The predicted octanol–water partition coefficient (Wildman–Crippen LogP) is 2.74. The van der Waals surface area contributed by atoms with Crippen LogP contribution in [-0.4, -0.2) is 17.2 Å². The molecule has 0 aromatic carbocycles. The Hall–Kier alpha value is -1.58. The fourth-order valence-corrected chi connectivity index (χ4v) is 1.01. The van der Waals surface area contributed by atoms with Gasteiger partial charge in [-0.05, 0) is 31.9 Å². The maximum atomic E-state index is 11.4. The van der Waals surface area contributed by atoms with Gasteiger partial charge in [-0.15, -0.1) is 0 Å². The summed E-state index contributed by atoms with van der Waals surface area (Å²) in [5.74, 6) is 0.547. The summed E-state index contributed by atoms with van der Waals surface area (Å²) in [4.78, 5) is 15.4. The zero-order valence-electron chi connectivity index (χ0n) is 9.28. The van der Waals surface area contributed by atoms with E-state index >= 15 is 0 Å². The first-order chi connectivity index (χ1) is 7.13. The normalized spacial score (nSPS) is 11.9. The summed E-state index contributed by atoms with van der Waals surface area (Å²) < 4.78 is 5.07. The van der Waals surface area contributed by atoms with Crippen molar-refractivity contribution in [1.29, 1.82) is 0 Å². The van der Waals surface area contributed by atoms with Gasteiger partial charge in [-0.1, -0.05) is 13.0 Å². The Labute approximate surface area is 89.7 Å². The molecule has 0 saturated heterocycles. The third-order valence-electron chi connectivity index (χ3n) is 2.11. The molecule has 0 bridgehead atoms. The maximum absolute atomic E-state index is 11.4. The molecule has 82 valence electrons. The number of nitrogens with one attached hydrogen (secondary N) is 1. The molecule has 1 amide bonds. The second-order valence-electron chi connectivity index (χ2n) is 3.42. The third kappa shape index (κ3) is 3.58. The number of amides is 1. The van der Waals surface area contributed by atoms with Crippen molar-refractivity contribution in [2.45, 2.75) is 33.3 Å². The first-order valence-corrected chi connectivity index (χ1v) is 5.02. The lowest BCUT2D eigenvalue weighted by atomic mass is 10.3. The van der Waals surface area contributed by atoms with E-state index in [0.717, 1.165) is 12.0 Å². The van der Waals surface area contributed by atoms with Gasteiger partial charge in [-0.3, -0.25) is 5.32 Å². The van der Waals surface area contributed by atoms with Crippen molar-refractivity contribution in [3.05, 3.63) is 23.9 Å². The number of anilines is 1. The Balaban J connectivity index is 2.55. The molecule has 4 nitrogen and oxygen atoms in total. The first kappa shape index (κ1) is 11.5. The standard InChI is InChI=1S/C11H16N2O2/c1-4-9(3)15-11(14)13-10-8(2)6-5-7-12-10/h5-7,9H,4H2,1-3H3,(H,12,13,14). The van der Waals surface area contributed by atoms with Crippen molar-refractivity contribution < 1.29 is 9.53 Å². The van der Waals surface area contributed by atoms with Gasteiger partial charge in [0.25, 0.3) is 0 Å². The summed E-state index contributed by atoms with van der Waals surface area (Å²) >= 11 is 0. The van der Waals surface area contributed by atoms with Crippen molar-refractivity contribution >= 4 is 11.9 Å². The van der Waals surface area contributed by atoms with Crippen LogP contribution in [0.4, 0.5) is 10.6 Å². The van der Waals surface area contributed by atoms with Gasteiger partial charge in [-0.25, -0.2) is 9.78 Å². The molecule has 15 heavy (non-hydrogen) atoms. The topological polar surface area (TPSA) is 51.2 Å². The second kappa shape index (κ2) is 5.34. The van der Waals surface area contributed by atoms with E-state index in [1.807, 2.05) is 32.9 Å². The molecule has 1 heterocycles. The van der Waals surface area contributed by atoms with Crippen LogP contribution in [0.2, 0.25) is 0 Å². The summed E-state index contributed by atoms with van der Waals surface area (Å²) in [6.07, 6.45) is 1.90. The van der Waals surface area contributed by atoms with E-state index in [9.17, 15) is 4.79 Å². The number of rotatable bonds is 3. The average Bonchev–Trinajstić information content (AvgIpc) is 2.21. The Morgan fingerprint density at radius 2 is 2.40 bits per heavy atom. The Morgan fingerprint density at radius 3 is 3.00 bits per heavy atom. The molecule has 1 N–H and O–H groups in total. The van der Waals surface area contributed by atoms with Gasteiger partial charge in [0.2, 0.25) is 0 Å². The SMILES string of the molecule is CCC(C)OC(=O)Nc1ncccc1C. The van der Waals surface area contributed by atoms with Gasteiger partial charge in [0, 0.05) is 6.20 Å². The van der Waals surface area contributed by atoms with E-state index in [0.29, 0.717) is 5.82 Å². The smallest absolute Gasteiger partial charge is 0.413 e. The zero-order valence-corrected chi connectivity index (χ0v) is 9.28. The highest BCUT2D eigenvalue weighted by molar-refractivity contribution is 5.84. The maximum Gasteiger partial charge on any atom is 0.413 e. The van der Waals surface area contributed by atoms with Crippen LogP contribution >= 0.6 is 0 Å². The monoisotopic (exact) mass is 208 g/mol. The van der Waals surface area contributed by atoms with Crippen molar-refractivity contribution in [1.82, 2.24) is 4.98 Å². The quantitative estimate of drug-likeness (QED) is 0.830. The van der Waals surface area contributed by atoms with E-state index in [-0.39, 0.29) is 6.10 Å². The fraction of sp³-hybridized carbons (Fsp3) is 0.455. The van der Waals surface area contributed by atoms with Crippen LogP contribution < -0.4 is 5.32 Å². The zero-order chi connectivity index (χ0) is 11.3. The molecule has 0 aliphatic heterocycles. The van der Waals surface area contributed by atoms with Crippen LogP contribution in [0.5, 0.6) is 0 Å². The molecule has 0 radical (unpaired) electrons. The van der Waals surface area contributed by atoms with E-state index < -0.39 is 6.09 Å². The summed E-state index contributed by atoms with van der Waals surface area (Å²) in [5, 5.41) is 2.60. The lowest BCUT2D eigenvalue weighted by Gasteiger charge is -2.12. The highest BCUT2D eigenvalue weighted by Crippen LogP contribution is 2.10. The second-order valence-corrected chi connectivity index (χ2v) is 3.42. The number of nitrogens with zero attached hydrogens (tertiary/aromatic N) is 1. The summed E-state index contributed by atoms with van der Waals surface area (Å²) in [6, 6.07) is 3.70. The predicted molar refractivity (Wildman–Crippen MR) is 58.8 cm³/mol. The molecular weight excluding hydrogens is 192 g/mol. The third-order valence-corrected chi connectivity index (χ3v) is 2.11. The average molecular weight is 208 g/mol. The fourth-order valence-electron chi connectivity index (χ4n) is 1.01. The molecule has 1 atom stereocenters. The molecular formula is C11H16N2O2. The molecule has 0 aliphatic carbocycles. The molecule has 1 unspecified atom stereocenters. The van der Waals surface area contributed by atoms with Crippen LogP contribution in [0, 0.1) is 6.92 Å². The number of hydrogen-bond donors (Lipinski definition) is 1. The van der Waals surface area contributed by atoms with E-state index in [2.05, 4.69) is 10.3 Å². The van der Waals surface area contributed by atoms with Crippen molar-refractivity contribution in [3.63, 3.8) is 0 Å². The number of pyridine rings is 1. The number of ether oxygens (including phenoxy) is 1. The number of aryl methyl sites for hydroxylation is 1. The number of carbonyl (C=O) groups is 1. The van der Waals surface area contributed by atoms with E-state index in [1.165, 1.54) is 0 Å². The molecule has 0 fully saturated rings.